The van der Waals surface area contributed by atoms with Crippen molar-refractivity contribution in [3.8, 4) is 0 Å². The van der Waals surface area contributed by atoms with Gasteiger partial charge in [-0.2, -0.15) is 0 Å². The van der Waals surface area contributed by atoms with E-state index in [0.29, 0.717) is 0 Å². The number of ether oxygens (including phenoxy) is 1. The predicted molar refractivity (Wildman–Crippen MR) is 128 cm³/mol. The van der Waals surface area contributed by atoms with Crippen LogP contribution in [0, 0.1) is 0 Å². The van der Waals surface area contributed by atoms with Gasteiger partial charge in [0, 0.05) is 18.1 Å². The molecule has 0 spiro atoms. The lowest BCUT2D eigenvalue weighted by atomic mass is 10.1. The maximum atomic E-state index is 13.4. The van der Waals surface area contributed by atoms with Gasteiger partial charge in [-0.15, -0.1) is 0 Å². The molecule has 0 radical (unpaired) electrons. The summed E-state index contributed by atoms with van der Waals surface area (Å²) in [5.41, 5.74) is 0.787. The minimum Gasteiger partial charge on any atom is -0.459 e. The van der Waals surface area contributed by atoms with Crippen molar-refractivity contribution in [2.75, 3.05) is 27.2 Å². The molecule has 9 heteroatoms. The zero-order valence-electron chi connectivity index (χ0n) is 20.6. The second kappa shape index (κ2) is 10.5. The summed E-state index contributed by atoms with van der Waals surface area (Å²) in [6.45, 7) is 11.3. The summed E-state index contributed by atoms with van der Waals surface area (Å²) >= 11 is 0. The zero-order valence-corrected chi connectivity index (χ0v) is 21.5. The van der Waals surface area contributed by atoms with E-state index in [1.807, 2.05) is 43.1 Å². The fourth-order valence-corrected chi connectivity index (χ4v) is 4.64. The average molecular weight is 468 g/mol. The Bertz CT molecular complexity index is 957. The van der Waals surface area contributed by atoms with Gasteiger partial charge in [-0.3, -0.25) is 13.8 Å². The number of carbonyl (C=O) groups is 1. The minimum absolute atomic E-state index is 0.0111. The quantitative estimate of drug-likeness (QED) is 0.405. The molecule has 0 saturated carbocycles. The number of aromatic nitrogens is 1. The lowest BCUT2D eigenvalue weighted by Gasteiger charge is -2.28. The molecule has 8 nitrogen and oxygen atoms in total. The van der Waals surface area contributed by atoms with Crippen LogP contribution in [0.4, 0.5) is 0 Å². The molecule has 1 unspecified atom stereocenters. The van der Waals surface area contributed by atoms with Crippen LogP contribution >= 0.6 is 7.75 Å². The van der Waals surface area contributed by atoms with E-state index in [1.165, 1.54) is 5.56 Å². The molecule has 0 aliphatic carbocycles. The summed E-state index contributed by atoms with van der Waals surface area (Å²) in [5.74, 6) is -0.531. The first-order chi connectivity index (χ1) is 14.7. The second-order valence-corrected chi connectivity index (χ2v) is 11.8. The van der Waals surface area contributed by atoms with Gasteiger partial charge >= 0.3 is 13.7 Å². The van der Waals surface area contributed by atoms with Crippen LogP contribution in [0.1, 0.15) is 47.1 Å². The third kappa shape index (κ3) is 8.68. The molecule has 1 aromatic heterocycles. The number of para-hydroxylation sites is 1. The molecule has 2 aromatic rings. The van der Waals surface area contributed by atoms with Crippen molar-refractivity contribution in [3.05, 3.63) is 36.0 Å². The molecular formula is C23H38N3O5P. The van der Waals surface area contributed by atoms with Gasteiger partial charge < -0.3 is 14.2 Å². The Morgan fingerprint density at radius 2 is 1.75 bits per heavy atom. The summed E-state index contributed by atoms with van der Waals surface area (Å²) in [6.07, 6.45) is 2.90. The molecule has 2 rings (SSSR count). The van der Waals surface area contributed by atoms with Crippen LogP contribution in [0.2, 0.25) is 0 Å². The van der Waals surface area contributed by atoms with E-state index in [9.17, 15) is 9.36 Å². The number of fused-ring (bicyclic) bond motifs is 1. The fraction of sp³-hybridized carbons (Fsp3) is 0.609. The number of nitrogens with one attached hydrogen (secondary N) is 1. The Hall–Kier alpha value is -1.70. The minimum atomic E-state index is -3.81. The molecule has 0 saturated heterocycles. The van der Waals surface area contributed by atoms with Crippen LogP contribution in [0.25, 0.3) is 10.9 Å². The highest BCUT2D eigenvalue weighted by Crippen LogP contribution is 2.48. The average Bonchev–Trinajstić information content (AvgIpc) is 2.99. The number of nitrogens with zero attached hydrogens (tertiary/aromatic N) is 2. The second-order valence-electron chi connectivity index (χ2n) is 10.1. The first kappa shape index (κ1) is 26.6. The highest BCUT2D eigenvalue weighted by molar-refractivity contribution is 7.51. The number of rotatable bonds is 10. The van der Waals surface area contributed by atoms with Crippen LogP contribution in [-0.4, -0.2) is 53.8 Å². The Kier molecular flexibility index (Phi) is 8.70. The topological polar surface area (TPSA) is 82.0 Å². The van der Waals surface area contributed by atoms with E-state index in [1.54, 1.807) is 41.5 Å². The fourth-order valence-electron chi connectivity index (χ4n) is 3.11. The van der Waals surface area contributed by atoms with E-state index < -0.39 is 24.9 Å². The van der Waals surface area contributed by atoms with Crippen LogP contribution < -0.4 is 5.09 Å². The maximum Gasteiger partial charge on any atom is 0.408 e. The third-order valence-electron chi connectivity index (χ3n) is 4.30. The highest BCUT2D eigenvalue weighted by Gasteiger charge is 2.32. The van der Waals surface area contributed by atoms with Crippen molar-refractivity contribution >= 4 is 24.6 Å². The van der Waals surface area contributed by atoms with E-state index >= 15 is 0 Å². The largest absolute Gasteiger partial charge is 0.459 e. The predicted octanol–water partition coefficient (Wildman–Crippen LogP) is 4.57. The summed E-state index contributed by atoms with van der Waals surface area (Å²) < 4.78 is 32.2. The number of hydrogen-bond acceptors (Lipinski definition) is 6. The Balaban J connectivity index is 2.19. The molecular weight excluding hydrogens is 429 g/mol. The lowest BCUT2D eigenvalue weighted by molar-refractivity contribution is -0.153. The number of carbonyl (C=O) groups excluding carboxylic acids is 1. The lowest BCUT2D eigenvalue weighted by Crippen LogP contribution is -2.32. The van der Waals surface area contributed by atoms with E-state index in [-0.39, 0.29) is 13.3 Å². The van der Waals surface area contributed by atoms with Gasteiger partial charge in [0.25, 0.3) is 0 Å². The van der Waals surface area contributed by atoms with E-state index in [2.05, 4.69) is 16.1 Å². The molecule has 1 aromatic carbocycles. The highest BCUT2D eigenvalue weighted by atomic mass is 31.2. The Morgan fingerprint density at radius 3 is 2.34 bits per heavy atom. The van der Waals surface area contributed by atoms with Crippen molar-refractivity contribution in [1.29, 1.82) is 0 Å². The van der Waals surface area contributed by atoms with Crippen LogP contribution in [0.3, 0.4) is 0 Å². The van der Waals surface area contributed by atoms with Gasteiger partial charge in [0.2, 0.25) is 0 Å². The zero-order chi connectivity index (χ0) is 24.2. The van der Waals surface area contributed by atoms with Crippen LogP contribution in [0.5, 0.6) is 0 Å². The maximum absolute atomic E-state index is 13.4. The summed E-state index contributed by atoms with van der Waals surface area (Å²) in [5, 5.41) is 3.79. The molecule has 32 heavy (non-hydrogen) atoms. The van der Waals surface area contributed by atoms with Gasteiger partial charge in [-0.1, -0.05) is 18.2 Å². The van der Waals surface area contributed by atoms with E-state index in [0.717, 1.165) is 23.9 Å². The standard InChI is InChI=1S/C23H38N3O5P/c1-22(2,3)30-21(27)15-24-32(28,31-23(4,5)6)29-17-26-16-18(13-14-25(7)8)19-11-9-10-12-20(19)26/h9-12,16H,13-15,17H2,1-8H3,(H,24,28). The first-order valence-electron chi connectivity index (χ1n) is 10.8. The number of likely N-dealkylation sites (N-methyl/N-ethyl adjacent to an activating group) is 1. The summed E-state index contributed by atoms with van der Waals surface area (Å²) in [7, 11) is 0.275. The molecule has 1 heterocycles. The molecule has 1 atom stereocenters. The van der Waals surface area contributed by atoms with Gasteiger partial charge in [0.1, 0.15) is 18.9 Å². The van der Waals surface area contributed by atoms with Gasteiger partial charge in [-0.25, -0.2) is 9.65 Å². The number of hydrogen-bond donors (Lipinski definition) is 1. The number of benzene rings is 1. The number of esters is 1. The van der Waals surface area contributed by atoms with Gasteiger partial charge in [0.05, 0.1) is 11.1 Å². The normalized spacial score (nSPS) is 14.7. The van der Waals surface area contributed by atoms with Crippen molar-refractivity contribution in [2.45, 2.75) is 65.9 Å². The molecule has 0 amide bonds. The van der Waals surface area contributed by atoms with Gasteiger partial charge in [0.15, 0.2) is 0 Å². The van der Waals surface area contributed by atoms with Crippen molar-refractivity contribution in [2.24, 2.45) is 0 Å². The monoisotopic (exact) mass is 467 g/mol. The molecule has 0 aliphatic heterocycles. The van der Waals surface area contributed by atoms with Crippen molar-refractivity contribution in [1.82, 2.24) is 14.6 Å². The van der Waals surface area contributed by atoms with Gasteiger partial charge in [-0.05, 0) is 73.7 Å². The molecule has 0 aliphatic rings. The molecule has 0 fully saturated rings. The Morgan fingerprint density at radius 1 is 1.09 bits per heavy atom. The SMILES string of the molecule is CN(C)CCc1cn(COP(=O)(NCC(=O)OC(C)(C)C)OC(C)(C)C)c2ccccc12. The Labute approximate surface area is 191 Å². The van der Waals surface area contributed by atoms with Crippen molar-refractivity contribution < 1.29 is 23.1 Å². The van der Waals surface area contributed by atoms with Crippen molar-refractivity contribution in [3.63, 3.8) is 0 Å². The van der Waals surface area contributed by atoms with E-state index in [4.69, 9.17) is 13.8 Å². The molecule has 0 bridgehead atoms. The smallest absolute Gasteiger partial charge is 0.408 e. The third-order valence-corrected chi connectivity index (χ3v) is 6.09. The summed E-state index contributed by atoms with van der Waals surface area (Å²) in [6, 6.07) is 8.04. The summed E-state index contributed by atoms with van der Waals surface area (Å²) in [4.78, 5) is 14.3. The van der Waals surface area contributed by atoms with Crippen LogP contribution in [0.15, 0.2) is 30.5 Å². The first-order valence-corrected chi connectivity index (χ1v) is 12.4. The molecule has 1 N–H and O–H groups in total. The molecule has 180 valence electrons. The van der Waals surface area contributed by atoms with Crippen LogP contribution in [-0.2, 0) is 36.3 Å².